The molecule has 0 saturated carbocycles. The summed E-state index contributed by atoms with van der Waals surface area (Å²) < 4.78 is 7.37. The molecule has 0 aromatic carbocycles. The Morgan fingerprint density at radius 1 is 1.18 bits per heavy atom. The minimum atomic E-state index is -0.0773. The van der Waals surface area contributed by atoms with Gasteiger partial charge in [-0.05, 0) is 48.6 Å². The van der Waals surface area contributed by atoms with Crippen LogP contribution in [0.15, 0.2) is 61.1 Å². The SMILES string of the molecule is COCCN1C(=S)NC(c2ccccn2)C1c1cccn1-c1ccc(Cl)cn1. The highest BCUT2D eigenvalue weighted by molar-refractivity contribution is 7.80. The van der Waals surface area contributed by atoms with Crippen LogP contribution in [0.4, 0.5) is 0 Å². The van der Waals surface area contributed by atoms with E-state index in [1.54, 1.807) is 19.5 Å². The second-order valence-electron chi connectivity index (χ2n) is 6.45. The smallest absolute Gasteiger partial charge is 0.170 e. The van der Waals surface area contributed by atoms with Crippen LogP contribution in [0.5, 0.6) is 0 Å². The van der Waals surface area contributed by atoms with Gasteiger partial charge in [-0.3, -0.25) is 4.98 Å². The van der Waals surface area contributed by atoms with Crippen LogP contribution in [-0.2, 0) is 4.74 Å². The molecular formula is C20H20ClN5OS. The van der Waals surface area contributed by atoms with Crippen LogP contribution in [0, 0.1) is 0 Å². The lowest BCUT2D eigenvalue weighted by Crippen LogP contribution is -2.33. The summed E-state index contributed by atoms with van der Waals surface area (Å²) in [5, 5.41) is 4.73. The van der Waals surface area contributed by atoms with Gasteiger partial charge in [0.15, 0.2) is 5.11 Å². The van der Waals surface area contributed by atoms with E-state index in [1.165, 1.54) is 0 Å². The van der Waals surface area contributed by atoms with Crippen molar-refractivity contribution in [2.24, 2.45) is 0 Å². The zero-order valence-corrected chi connectivity index (χ0v) is 16.9. The number of ether oxygens (including phenoxy) is 1. The number of nitrogens with zero attached hydrogens (tertiary/aromatic N) is 4. The van der Waals surface area contributed by atoms with Gasteiger partial charge in [-0.1, -0.05) is 17.7 Å². The minimum absolute atomic E-state index is 0.0509. The molecule has 1 fully saturated rings. The molecule has 144 valence electrons. The lowest BCUT2D eigenvalue weighted by Gasteiger charge is -2.28. The van der Waals surface area contributed by atoms with E-state index in [1.807, 2.05) is 42.6 Å². The quantitative estimate of drug-likeness (QED) is 0.624. The normalized spacial score (nSPS) is 19.1. The number of hydrogen-bond acceptors (Lipinski definition) is 4. The van der Waals surface area contributed by atoms with E-state index in [9.17, 15) is 0 Å². The van der Waals surface area contributed by atoms with Gasteiger partial charge in [0.2, 0.25) is 0 Å². The standard InChI is InChI=1S/C20H20ClN5OS/c1-27-12-11-26-19(18(24-20(26)28)15-5-2-3-9-22-15)16-6-4-10-25(16)17-8-7-14(21)13-23-17/h2-10,13,18-19H,11-12H2,1H3,(H,24,28). The first kappa shape index (κ1) is 18.9. The van der Waals surface area contributed by atoms with Crippen molar-refractivity contribution in [3.63, 3.8) is 0 Å². The molecule has 0 amide bonds. The zero-order valence-electron chi connectivity index (χ0n) is 15.3. The molecule has 1 aliphatic heterocycles. The molecule has 2 unspecified atom stereocenters. The lowest BCUT2D eigenvalue weighted by molar-refractivity contribution is 0.163. The first-order chi connectivity index (χ1) is 13.7. The molecule has 1 aliphatic rings. The van der Waals surface area contributed by atoms with Crippen molar-refractivity contribution < 1.29 is 4.74 Å². The van der Waals surface area contributed by atoms with Crippen molar-refractivity contribution >= 4 is 28.9 Å². The third-order valence-corrected chi connectivity index (χ3v) is 5.35. The lowest BCUT2D eigenvalue weighted by atomic mass is 10.0. The molecule has 4 heterocycles. The monoisotopic (exact) mass is 413 g/mol. The first-order valence-corrected chi connectivity index (χ1v) is 9.74. The Bertz CT molecular complexity index is 947. The molecule has 0 radical (unpaired) electrons. The van der Waals surface area contributed by atoms with Crippen LogP contribution >= 0.6 is 23.8 Å². The average molecular weight is 414 g/mol. The number of hydrogen-bond donors (Lipinski definition) is 1. The van der Waals surface area contributed by atoms with Crippen LogP contribution < -0.4 is 5.32 Å². The molecule has 2 atom stereocenters. The number of halogens is 1. The van der Waals surface area contributed by atoms with Gasteiger partial charge in [0, 0.05) is 37.9 Å². The second-order valence-corrected chi connectivity index (χ2v) is 7.27. The predicted octanol–water partition coefficient (Wildman–Crippen LogP) is 3.54. The second kappa shape index (κ2) is 8.26. The predicted molar refractivity (Wildman–Crippen MR) is 113 cm³/mol. The Kier molecular flexibility index (Phi) is 5.57. The third kappa shape index (κ3) is 3.61. The molecule has 0 bridgehead atoms. The molecule has 28 heavy (non-hydrogen) atoms. The number of thiocarbonyl (C=S) groups is 1. The molecule has 3 aromatic heterocycles. The fourth-order valence-corrected chi connectivity index (χ4v) is 3.96. The summed E-state index contributed by atoms with van der Waals surface area (Å²) in [4.78, 5) is 11.2. The highest BCUT2D eigenvalue weighted by Gasteiger charge is 2.41. The Morgan fingerprint density at radius 3 is 2.79 bits per heavy atom. The molecule has 1 saturated heterocycles. The fourth-order valence-electron chi connectivity index (χ4n) is 3.51. The summed E-state index contributed by atoms with van der Waals surface area (Å²) in [7, 11) is 1.69. The van der Waals surface area contributed by atoms with Crippen molar-refractivity contribution in [1.29, 1.82) is 0 Å². The molecular weight excluding hydrogens is 394 g/mol. The minimum Gasteiger partial charge on any atom is -0.383 e. The van der Waals surface area contributed by atoms with Gasteiger partial charge in [-0.15, -0.1) is 0 Å². The van der Waals surface area contributed by atoms with E-state index in [4.69, 9.17) is 28.6 Å². The molecule has 1 N–H and O–H groups in total. The number of rotatable bonds is 6. The van der Waals surface area contributed by atoms with Gasteiger partial charge in [0.1, 0.15) is 5.82 Å². The molecule has 3 aromatic rings. The van der Waals surface area contributed by atoms with Crippen molar-refractivity contribution in [3.8, 4) is 5.82 Å². The van der Waals surface area contributed by atoms with Gasteiger partial charge in [0.05, 0.1) is 29.4 Å². The van der Waals surface area contributed by atoms with Gasteiger partial charge < -0.3 is 19.5 Å². The van der Waals surface area contributed by atoms with Crippen molar-refractivity contribution in [3.05, 3.63) is 77.5 Å². The maximum absolute atomic E-state index is 6.01. The average Bonchev–Trinajstić information content (AvgIpc) is 3.32. The molecule has 4 rings (SSSR count). The Hall–Kier alpha value is -2.48. The van der Waals surface area contributed by atoms with Crippen LogP contribution in [0.3, 0.4) is 0 Å². The van der Waals surface area contributed by atoms with E-state index in [2.05, 4.69) is 30.8 Å². The number of aromatic nitrogens is 3. The number of methoxy groups -OCH3 is 1. The zero-order chi connectivity index (χ0) is 19.5. The topological polar surface area (TPSA) is 55.2 Å². The van der Waals surface area contributed by atoms with Crippen LogP contribution in [-0.4, -0.2) is 44.8 Å². The third-order valence-electron chi connectivity index (χ3n) is 4.78. The van der Waals surface area contributed by atoms with Gasteiger partial charge in [-0.25, -0.2) is 4.98 Å². The van der Waals surface area contributed by atoms with E-state index < -0.39 is 0 Å². The van der Waals surface area contributed by atoms with Gasteiger partial charge in [0.25, 0.3) is 0 Å². The van der Waals surface area contributed by atoms with Gasteiger partial charge >= 0.3 is 0 Å². The summed E-state index contributed by atoms with van der Waals surface area (Å²) in [5.41, 5.74) is 2.00. The Labute approximate surface area is 174 Å². The Morgan fingerprint density at radius 2 is 2.07 bits per heavy atom. The maximum atomic E-state index is 6.01. The number of nitrogens with one attached hydrogen (secondary N) is 1. The highest BCUT2D eigenvalue weighted by Crippen LogP contribution is 2.39. The first-order valence-electron chi connectivity index (χ1n) is 8.95. The van der Waals surface area contributed by atoms with Crippen molar-refractivity contribution in [2.45, 2.75) is 12.1 Å². The summed E-state index contributed by atoms with van der Waals surface area (Å²) in [6.07, 6.45) is 5.45. The number of pyridine rings is 2. The van der Waals surface area contributed by atoms with E-state index in [0.717, 1.165) is 17.2 Å². The van der Waals surface area contributed by atoms with E-state index >= 15 is 0 Å². The molecule has 0 aliphatic carbocycles. The van der Waals surface area contributed by atoms with E-state index in [0.29, 0.717) is 23.3 Å². The summed E-state index contributed by atoms with van der Waals surface area (Å²) in [6.45, 7) is 1.25. The van der Waals surface area contributed by atoms with Crippen molar-refractivity contribution in [1.82, 2.24) is 24.8 Å². The Balaban J connectivity index is 1.78. The molecule has 6 nitrogen and oxygen atoms in total. The van der Waals surface area contributed by atoms with Crippen LogP contribution in [0.1, 0.15) is 23.5 Å². The van der Waals surface area contributed by atoms with Crippen LogP contribution in [0.25, 0.3) is 5.82 Å². The summed E-state index contributed by atoms with van der Waals surface area (Å²) >= 11 is 11.7. The van der Waals surface area contributed by atoms with Gasteiger partial charge in [-0.2, -0.15) is 0 Å². The highest BCUT2D eigenvalue weighted by atomic mass is 35.5. The maximum Gasteiger partial charge on any atom is 0.170 e. The van der Waals surface area contributed by atoms with Crippen LogP contribution in [0.2, 0.25) is 5.02 Å². The molecule has 0 spiro atoms. The largest absolute Gasteiger partial charge is 0.383 e. The fraction of sp³-hybridized carbons (Fsp3) is 0.250. The molecule has 8 heteroatoms. The van der Waals surface area contributed by atoms with E-state index in [-0.39, 0.29) is 12.1 Å². The van der Waals surface area contributed by atoms with Crippen molar-refractivity contribution in [2.75, 3.05) is 20.3 Å². The summed E-state index contributed by atoms with van der Waals surface area (Å²) in [6, 6.07) is 13.6. The summed E-state index contributed by atoms with van der Waals surface area (Å²) in [5.74, 6) is 0.800.